The summed E-state index contributed by atoms with van der Waals surface area (Å²) in [5, 5.41) is 10.5. The Morgan fingerprint density at radius 1 is 0.828 bits per heavy atom. The third-order valence-corrected chi connectivity index (χ3v) is 3.91. The second-order valence-corrected chi connectivity index (χ2v) is 5.88. The van der Waals surface area contributed by atoms with Gasteiger partial charge >= 0.3 is 0 Å². The first-order chi connectivity index (χ1) is 14.1. The monoisotopic (exact) mass is 402 g/mol. The van der Waals surface area contributed by atoms with Crippen molar-refractivity contribution in [3.63, 3.8) is 0 Å². The molecule has 0 fully saturated rings. The molecule has 0 aromatic heterocycles. The minimum atomic E-state index is -0.937. The first-order valence-electron chi connectivity index (χ1n) is 8.90. The molecule has 7 heteroatoms. The molecule has 0 aliphatic rings. The highest BCUT2D eigenvalue weighted by Gasteiger charge is 2.14. The highest BCUT2D eigenvalue weighted by molar-refractivity contribution is 5.54. The molecule has 1 atom stereocenters. The van der Waals surface area contributed by atoms with Gasteiger partial charge in [0, 0.05) is 26.2 Å². The Bertz CT molecular complexity index is 839. The molecule has 1 unspecified atom stereocenters. The van der Waals surface area contributed by atoms with Crippen LogP contribution >= 0.6 is 0 Å². The van der Waals surface area contributed by atoms with Crippen molar-refractivity contribution in [3.8, 4) is 34.8 Å². The average Bonchev–Trinajstić information content (AvgIpc) is 2.75. The van der Waals surface area contributed by atoms with E-state index >= 15 is 0 Å². The SMILES string of the molecule is COCOc1c(C#CC(O)Cc2cccc(OC)c2OCOC)cccc1OC. The Hall–Kier alpha value is -2.92. The fourth-order valence-corrected chi connectivity index (χ4v) is 2.63. The van der Waals surface area contributed by atoms with Crippen molar-refractivity contribution < 1.29 is 33.5 Å². The number of methoxy groups -OCH3 is 4. The summed E-state index contributed by atoms with van der Waals surface area (Å²) in [6, 6.07) is 10.8. The topological polar surface area (TPSA) is 75.6 Å². The largest absolute Gasteiger partial charge is 0.493 e. The summed E-state index contributed by atoms with van der Waals surface area (Å²) in [5.41, 5.74) is 1.34. The van der Waals surface area contributed by atoms with Gasteiger partial charge in [-0.15, -0.1) is 0 Å². The van der Waals surface area contributed by atoms with Gasteiger partial charge in [0.05, 0.1) is 19.8 Å². The van der Waals surface area contributed by atoms with Crippen LogP contribution in [0.15, 0.2) is 36.4 Å². The zero-order chi connectivity index (χ0) is 21.1. The van der Waals surface area contributed by atoms with Crippen molar-refractivity contribution in [2.45, 2.75) is 12.5 Å². The quantitative estimate of drug-likeness (QED) is 0.484. The van der Waals surface area contributed by atoms with E-state index in [4.69, 9.17) is 28.4 Å². The van der Waals surface area contributed by atoms with Gasteiger partial charge in [0.15, 0.2) is 36.6 Å². The standard InChI is InChI=1S/C22H26O7/c1-24-14-28-21-16(7-5-9-19(21)26-3)11-12-18(23)13-17-8-6-10-20(27-4)22(17)29-15-25-2/h5-10,18,23H,13-15H2,1-4H3. The predicted molar refractivity (Wildman–Crippen MR) is 108 cm³/mol. The van der Waals surface area contributed by atoms with Crippen molar-refractivity contribution in [2.75, 3.05) is 42.0 Å². The van der Waals surface area contributed by atoms with E-state index in [9.17, 15) is 5.11 Å². The van der Waals surface area contributed by atoms with E-state index in [-0.39, 0.29) is 20.0 Å². The number of benzene rings is 2. The zero-order valence-corrected chi connectivity index (χ0v) is 17.1. The Morgan fingerprint density at radius 3 is 2.03 bits per heavy atom. The van der Waals surface area contributed by atoms with Crippen LogP contribution in [0.3, 0.4) is 0 Å². The number of para-hydroxylation sites is 2. The summed E-state index contributed by atoms with van der Waals surface area (Å²) >= 11 is 0. The average molecular weight is 402 g/mol. The number of aliphatic hydroxyl groups is 1. The van der Waals surface area contributed by atoms with Crippen LogP contribution < -0.4 is 18.9 Å². The molecule has 7 nitrogen and oxygen atoms in total. The van der Waals surface area contributed by atoms with Gasteiger partial charge in [0.25, 0.3) is 0 Å². The molecule has 29 heavy (non-hydrogen) atoms. The van der Waals surface area contributed by atoms with Crippen molar-refractivity contribution in [3.05, 3.63) is 47.5 Å². The van der Waals surface area contributed by atoms with Gasteiger partial charge in [-0.3, -0.25) is 0 Å². The molecular formula is C22H26O7. The van der Waals surface area contributed by atoms with Gasteiger partial charge in [-0.1, -0.05) is 30.0 Å². The second kappa shape index (κ2) is 11.8. The van der Waals surface area contributed by atoms with E-state index in [0.29, 0.717) is 28.6 Å². The number of hydrogen-bond donors (Lipinski definition) is 1. The lowest BCUT2D eigenvalue weighted by Gasteiger charge is -2.15. The van der Waals surface area contributed by atoms with Crippen molar-refractivity contribution in [1.29, 1.82) is 0 Å². The Kier molecular flexibility index (Phi) is 9.12. The molecule has 156 valence electrons. The fraction of sp³-hybridized carbons (Fsp3) is 0.364. The molecule has 0 saturated heterocycles. The number of rotatable bonds is 10. The molecule has 0 heterocycles. The maximum absolute atomic E-state index is 10.5. The molecule has 0 saturated carbocycles. The molecule has 0 spiro atoms. The smallest absolute Gasteiger partial charge is 0.188 e. The summed E-state index contributed by atoms with van der Waals surface area (Å²) < 4.78 is 31.8. The summed E-state index contributed by atoms with van der Waals surface area (Å²) in [6.45, 7) is 0.126. The molecule has 0 bridgehead atoms. The third-order valence-electron chi connectivity index (χ3n) is 3.91. The lowest BCUT2D eigenvalue weighted by Crippen LogP contribution is -2.11. The summed E-state index contributed by atoms with van der Waals surface area (Å²) in [5.74, 6) is 7.86. The molecule has 0 aliphatic heterocycles. The zero-order valence-electron chi connectivity index (χ0n) is 17.1. The second-order valence-electron chi connectivity index (χ2n) is 5.88. The van der Waals surface area contributed by atoms with E-state index in [1.165, 1.54) is 14.2 Å². The highest BCUT2D eigenvalue weighted by atomic mass is 16.7. The van der Waals surface area contributed by atoms with Crippen LogP contribution in [0.2, 0.25) is 0 Å². The Labute approximate surface area is 171 Å². The van der Waals surface area contributed by atoms with E-state index in [0.717, 1.165) is 5.56 Å². The van der Waals surface area contributed by atoms with Crippen LogP contribution in [0.5, 0.6) is 23.0 Å². The van der Waals surface area contributed by atoms with Gasteiger partial charge < -0.3 is 33.5 Å². The van der Waals surface area contributed by atoms with Crippen LogP contribution in [0, 0.1) is 11.8 Å². The lowest BCUT2D eigenvalue weighted by atomic mass is 10.1. The molecule has 2 aromatic carbocycles. The molecule has 0 amide bonds. The van der Waals surface area contributed by atoms with E-state index in [1.54, 1.807) is 38.5 Å². The minimum Gasteiger partial charge on any atom is -0.493 e. The number of ether oxygens (including phenoxy) is 6. The Morgan fingerprint density at radius 2 is 1.41 bits per heavy atom. The van der Waals surface area contributed by atoms with E-state index < -0.39 is 6.10 Å². The van der Waals surface area contributed by atoms with E-state index in [1.807, 2.05) is 12.1 Å². The minimum absolute atomic E-state index is 0.0572. The van der Waals surface area contributed by atoms with Gasteiger partial charge in [0.1, 0.15) is 6.10 Å². The molecule has 0 radical (unpaired) electrons. The number of aliphatic hydroxyl groups excluding tert-OH is 1. The van der Waals surface area contributed by atoms with Crippen LogP contribution in [0.25, 0.3) is 0 Å². The lowest BCUT2D eigenvalue weighted by molar-refractivity contribution is 0.0480. The maximum atomic E-state index is 10.5. The van der Waals surface area contributed by atoms with Gasteiger partial charge in [0.2, 0.25) is 0 Å². The summed E-state index contributed by atoms with van der Waals surface area (Å²) in [7, 11) is 6.17. The molecule has 0 aliphatic carbocycles. The van der Waals surface area contributed by atoms with Crippen LogP contribution in [0.1, 0.15) is 11.1 Å². The third kappa shape index (κ3) is 6.29. The fourth-order valence-electron chi connectivity index (χ4n) is 2.63. The van der Waals surface area contributed by atoms with Gasteiger partial charge in [-0.05, 0) is 18.2 Å². The summed E-state index contributed by atoms with van der Waals surface area (Å²) in [4.78, 5) is 0. The predicted octanol–water partition coefficient (Wildman–Crippen LogP) is 2.62. The number of hydrogen-bond acceptors (Lipinski definition) is 7. The highest BCUT2D eigenvalue weighted by Crippen LogP contribution is 2.32. The molecule has 1 N–H and O–H groups in total. The maximum Gasteiger partial charge on any atom is 0.188 e. The van der Waals surface area contributed by atoms with Crippen LogP contribution in [-0.2, 0) is 15.9 Å². The Balaban J connectivity index is 2.23. The van der Waals surface area contributed by atoms with Crippen molar-refractivity contribution in [2.24, 2.45) is 0 Å². The first kappa shape index (κ1) is 22.4. The van der Waals surface area contributed by atoms with Gasteiger partial charge in [-0.25, -0.2) is 0 Å². The molecule has 2 aromatic rings. The normalized spacial score (nSPS) is 11.2. The van der Waals surface area contributed by atoms with Crippen molar-refractivity contribution in [1.82, 2.24) is 0 Å². The van der Waals surface area contributed by atoms with Gasteiger partial charge in [-0.2, -0.15) is 0 Å². The molecule has 2 rings (SSSR count). The van der Waals surface area contributed by atoms with Crippen LogP contribution in [0.4, 0.5) is 0 Å². The summed E-state index contributed by atoms with van der Waals surface area (Å²) in [6.07, 6.45) is -0.685. The first-order valence-corrected chi connectivity index (χ1v) is 8.90. The van der Waals surface area contributed by atoms with Crippen molar-refractivity contribution >= 4 is 0 Å². The molecular weight excluding hydrogens is 376 g/mol. The van der Waals surface area contributed by atoms with Crippen LogP contribution in [-0.4, -0.2) is 53.2 Å². The van der Waals surface area contributed by atoms with E-state index in [2.05, 4.69) is 11.8 Å².